The number of halogens is 2. The first-order valence-electron chi connectivity index (χ1n) is 8.07. The summed E-state index contributed by atoms with van der Waals surface area (Å²) in [5.41, 5.74) is 5.91. The Morgan fingerprint density at radius 1 is 1.38 bits per heavy atom. The second-order valence-corrected chi connectivity index (χ2v) is 5.93. The van der Waals surface area contributed by atoms with Gasteiger partial charge in [0.2, 0.25) is 5.91 Å². The highest BCUT2D eigenvalue weighted by atomic mass is 35.5. The lowest BCUT2D eigenvalue weighted by atomic mass is 10.00. The van der Waals surface area contributed by atoms with Gasteiger partial charge in [-0.1, -0.05) is 12.1 Å². The summed E-state index contributed by atoms with van der Waals surface area (Å²) in [5.74, 6) is -0.884. The third-order valence-corrected chi connectivity index (χ3v) is 4.22. The summed E-state index contributed by atoms with van der Waals surface area (Å²) in [6.07, 6.45) is 2.97. The van der Waals surface area contributed by atoms with Crippen LogP contribution >= 0.6 is 12.4 Å². The maximum atomic E-state index is 14.2. The van der Waals surface area contributed by atoms with Gasteiger partial charge in [-0.15, -0.1) is 12.4 Å². The average molecular weight is 358 g/mol. The minimum atomic E-state index is -0.464. The molecule has 0 spiro atoms. The number of hydrogen-bond acceptors (Lipinski definition) is 3. The Morgan fingerprint density at radius 3 is 2.83 bits per heavy atom. The molecule has 1 aliphatic rings. The molecular weight excluding hydrogens is 333 g/mol. The molecule has 0 saturated carbocycles. The van der Waals surface area contributed by atoms with E-state index in [1.54, 1.807) is 24.0 Å². The van der Waals surface area contributed by atoms with Gasteiger partial charge in [-0.25, -0.2) is 4.39 Å². The molecule has 1 aromatic rings. The highest BCUT2D eigenvalue weighted by Crippen LogP contribution is 2.21. The number of carbonyl (C=O) groups is 2. The predicted molar refractivity (Wildman–Crippen MR) is 93.7 cm³/mol. The molecule has 1 atom stereocenters. The number of piperidine rings is 1. The fraction of sp³-hybridized carbons (Fsp3) is 0.529. The van der Waals surface area contributed by atoms with Crippen LogP contribution in [0.5, 0.6) is 0 Å². The Bertz CT molecular complexity index is 583. The van der Waals surface area contributed by atoms with E-state index in [0.717, 1.165) is 19.3 Å². The van der Waals surface area contributed by atoms with Crippen molar-refractivity contribution < 1.29 is 14.0 Å². The lowest BCUT2D eigenvalue weighted by Crippen LogP contribution is -2.49. The highest BCUT2D eigenvalue weighted by Gasteiger charge is 2.29. The van der Waals surface area contributed by atoms with Crippen LogP contribution in [0.2, 0.25) is 0 Å². The SMILES string of the molecule is Cc1cccc(C(=O)N2CCCCC2CNC(=O)CCN)c1F.Cl. The third kappa shape index (κ3) is 4.92. The zero-order valence-corrected chi connectivity index (χ0v) is 14.7. The Balaban J connectivity index is 0.00000288. The number of hydrogen-bond donors (Lipinski definition) is 2. The van der Waals surface area contributed by atoms with Crippen LogP contribution in [0.1, 0.15) is 41.6 Å². The predicted octanol–water partition coefficient (Wildman–Crippen LogP) is 2.02. The number of nitrogens with zero attached hydrogens (tertiary/aromatic N) is 1. The van der Waals surface area contributed by atoms with Gasteiger partial charge in [0.05, 0.1) is 5.56 Å². The van der Waals surface area contributed by atoms with Crippen LogP contribution in [0.15, 0.2) is 18.2 Å². The second-order valence-electron chi connectivity index (χ2n) is 5.93. The molecule has 0 bridgehead atoms. The summed E-state index contributed by atoms with van der Waals surface area (Å²) < 4.78 is 14.2. The van der Waals surface area contributed by atoms with E-state index < -0.39 is 5.82 Å². The van der Waals surface area contributed by atoms with Crippen molar-refractivity contribution in [3.05, 3.63) is 35.1 Å². The minimum Gasteiger partial charge on any atom is -0.354 e. The van der Waals surface area contributed by atoms with Crippen LogP contribution in [0.4, 0.5) is 4.39 Å². The standard InChI is InChI=1S/C17H24FN3O2.ClH/c1-12-5-4-7-14(16(12)18)17(23)21-10-3-2-6-13(21)11-20-15(22)8-9-19;/h4-5,7,13H,2-3,6,8-11,19H2,1H3,(H,20,22);1H. The van der Waals surface area contributed by atoms with Gasteiger partial charge in [-0.05, 0) is 37.8 Å². The Hall–Kier alpha value is -1.66. The van der Waals surface area contributed by atoms with E-state index >= 15 is 0 Å². The third-order valence-electron chi connectivity index (χ3n) is 4.22. The first kappa shape index (κ1) is 20.4. The molecule has 2 amide bonds. The fourth-order valence-electron chi connectivity index (χ4n) is 2.90. The van der Waals surface area contributed by atoms with E-state index in [1.165, 1.54) is 6.07 Å². The molecule has 1 heterocycles. The summed E-state index contributed by atoms with van der Waals surface area (Å²) in [4.78, 5) is 26.0. The first-order chi connectivity index (χ1) is 11.0. The summed E-state index contributed by atoms with van der Waals surface area (Å²) >= 11 is 0. The maximum Gasteiger partial charge on any atom is 0.257 e. The van der Waals surface area contributed by atoms with Gasteiger partial charge in [0.15, 0.2) is 0 Å². The van der Waals surface area contributed by atoms with E-state index in [-0.39, 0.29) is 42.2 Å². The molecule has 1 fully saturated rings. The molecular formula is C17H25ClFN3O2. The minimum absolute atomic E-state index is 0. The molecule has 134 valence electrons. The van der Waals surface area contributed by atoms with Gasteiger partial charge in [0.25, 0.3) is 5.91 Å². The van der Waals surface area contributed by atoms with Crippen LogP contribution in [0, 0.1) is 12.7 Å². The topological polar surface area (TPSA) is 75.4 Å². The van der Waals surface area contributed by atoms with Crippen LogP contribution in [0.3, 0.4) is 0 Å². The Morgan fingerprint density at radius 2 is 2.12 bits per heavy atom. The van der Waals surface area contributed by atoms with Crippen molar-refractivity contribution in [1.29, 1.82) is 0 Å². The maximum absolute atomic E-state index is 14.2. The number of benzene rings is 1. The molecule has 1 aromatic carbocycles. The van der Waals surface area contributed by atoms with E-state index in [4.69, 9.17) is 5.73 Å². The normalized spacial score (nSPS) is 17.1. The highest BCUT2D eigenvalue weighted by molar-refractivity contribution is 5.95. The number of aryl methyl sites for hydroxylation is 1. The molecule has 5 nitrogen and oxygen atoms in total. The van der Waals surface area contributed by atoms with Crippen molar-refractivity contribution in [2.24, 2.45) is 5.73 Å². The zero-order valence-electron chi connectivity index (χ0n) is 13.9. The molecule has 1 unspecified atom stereocenters. The van der Waals surface area contributed by atoms with Gasteiger partial charge in [0, 0.05) is 32.1 Å². The van der Waals surface area contributed by atoms with Crippen LogP contribution in [-0.2, 0) is 4.79 Å². The molecule has 3 N–H and O–H groups in total. The van der Waals surface area contributed by atoms with E-state index in [9.17, 15) is 14.0 Å². The van der Waals surface area contributed by atoms with Crippen molar-refractivity contribution in [1.82, 2.24) is 10.2 Å². The van der Waals surface area contributed by atoms with Gasteiger partial charge in [-0.2, -0.15) is 0 Å². The zero-order chi connectivity index (χ0) is 16.8. The van der Waals surface area contributed by atoms with Crippen LogP contribution in [0.25, 0.3) is 0 Å². The lowest BCUT2D eigenvalue weighted by molar-refractivity contribution is -0.121. The number of rotatable bonds is 5. The van der Waals surface area contributed by atoms with Crippen LogP contribution < -0.4 is 11.1 Å². The molecule has 2 rings (SSSR count). The summed E-state index contributed by atoms with van der Waals surface area (Å²) in [6.45, 7) is 2.92. The number of nitrogens with one attached hydrogen (secondary N) is 1. The van der Waals surface area contributed by atoms with Gasteiger partial charge >= 0.3 is 0 Å². The van der Waals surface area contributed by atoms with Gasteiger partial charge in [0.1, 0.15) is 5.82 Å². The molecule has 1 saturated heterocycles. The van der Waals surface area contributed by atoms with Gasteiger partial charge in [-0.3, -0.25) is 9.59 Å². The van der Waals surface area contributed by atoms with Gasteiger partial charge < -0.3 is 16.0 Å². The molecule has 0 aliphatic carbocycles. The molecule has 0 aromatic heterocycles. The fourth-order valence-corrected chi connectivity index (χ4v) is 2.90. The molecule has 7 heteroatoms. The molecule has 0 radical (unpaired) electrons. The number of amides is 2. The number of carbonyl (C=O) groups excluding carboxylic acids is 2. The second kappa shape index (κ2) is 9.59. The molecule has 1 aliphatic heterocycles. The van der Waals surface area contributed by atoms with Crippen molar-refractivity contribution >= 4 is 24.2 Å². The van der Waals surface area contributed by atoms with Crippen molar-refractivity contribution in [2.75, 3.05) is 19.6 Å². The average Bonchev–Trinajstić information content (AvgIpc) is 2.55. The smallest absolute Gasteiger partial charge is 0.257 e. The monoisotopic (exact) mass is 357 g/mol. The summed E-state index contributed by atoms with van der Waals surface area (Å²) in [6, 6.07) is 4.75. The Kier molecular flexibility index (Phi) is 8.15. The van der Waals surface area contributed by atoms with Crippen molar-refractivity contribution in [2.45, 2.75) is 38.6 Å². The first-order valence-corrected chi connectivity index (χ1v) is 8.07. The van der Waals surface area contributed by atoms with Crippen molar-refractivity contribution in [3.8, 4) is 0 Å². The summed E-state index contributed by atoms with van der Waals surface area (Å²) in [7, 11) is 0. The summed E-state index contributed by atoms with van der Waals surface area (Å²) in [5, 5.41) is 2.81. The van der Waals surface area contributed by atoms with E-state index in [2.05, 4.69) is 5.32 Å². The Labute approximate surface area is 148 Å². The number of likely N-dealkylation sites (tertiary alicyclic amines) is 1. The van der Waals surface area contributed by atoms with E-state index in [1.807, 2.05) is 0 Å². The number of nitrogens with two attached hydrogens (primary N) is 1. The van der Waals surface area contributed by atoms with E-state index in [0.29, 0.717) is 25.2 Å². The largest absolute Gasteiger partial charge is 0.354 e. The van der Waals surface area contributed by atoms with Crippen LogP contribution in [-0.4, -0.2) is 42.4 Å². The quantitative estimate of drug-likeness (QED) is 0.846. The lowest BCUT2D eigenvalue weighted by Gasteiger charge is -2.36. The van der Waals surface area contributed by atoms with Crippen molar-refractivity contribution in [3.63, 3.8) is 0 Å². The molecule has 24 heavy (non-hydrogen) atoms.